The highest BCUT2D eigenvalue weighted by Crippen LogP contribution is 2.17. The van der Waals surface area contributed by atoms with Crippen molar-refractivity contribution in [3.63, 3.8) is 0 Å². The third-order valence-electron chi connectivity index (χ3n) is 2.61. The molecule has 2 aromatic rings. The summed E-state index contributed by atoms with van der Waals surface area (Å²) in [5, 5.41) is 17.0. The summed E-state index contributed by atoms with van der Waals surface area (Å²) in [6.45, 7) is 6.48. The average molecular weight is 304 g/mol. The number of hydrogen-bond acceptors (Lipinski definition) is 6. The van der Waals surface area contributed by atoms with Gasteiger partial charge in [0.05, 0.1) is 11.4 Å². The molecule has 1 heterocycles. The SMILES string of the molecule is CC(C)(C)OC(=O)NCCNc1ccccc1-n1cnnn1. The zero-order valence-corrected chi connectivity index (χ0v) is 12.9. The van der Waals surface area contributed by atoms with E-state index in [1.165, 1.54) is 6.33 Å². The van der Waals surface area contributed by atoms with Gasteiger partial charge in [0.1, 0.15) is 11.9 Å². The maximum absolute atomic E-state index is 11.5. The fraction of sp³-hybridized carbons (Fsp3) is 0.429. The molecule has 1 aromatic heterocycles. The van der Waals surface area contributed by atoms with Crippen molar-refractivity contribution in [3.8, 4) is 5.69 Å². The van der Waals surface area contributed by atoms with Crippen LogP contribution >= 0.6 is 0 Å². The van der Waals surface area contributed by atoms with Crippen molar-refractivity contribution in [1.29, 1.82) is 0 Å². The molecule has 8 heteroatoms. The van der Waals surface area contributed by atoms with Gasteiger partial charge < -0.3 is 15.4 Å². The normalized spacial score (nSPS) is 11.0. The van der Waals surface area contributed by atoms with Gasteiger partial charge in [-0.05, 0) is 43.3 Å². The minimum Gasteiger partial charge on any atom is -0.444 e. The molecule has 8 nitrogen and oxygen atoms in total. The van der Waals surface area contributed by atoms with Gasteiger partial charge in [0, 0.05) is 13.1 Å². The molecule has 1 aromatic carbocycles. The molecule has 0 saturated heterocycles. The topological polar surface area (TPSA) is 94.0 Å². The lowest BCUT2D eigenvalue weighted by atomic mass is 10.2. The van der Waals surface area contributed by atoms with E-state index in [9.17, 15) is 4.79 Å². The number of hydrogen-bond donors (Lipinski definition) is 2. The van der Waals surface area contributed by atoms with Crippen molar-refractivity contribution < 1.29 is 9.53 Å². The van der Waals surface area contributed by atoms with Crippen molar-refractivity contribution in [2.24, 2.45) is 0 Å². The molecule has 0 aliphatic carbocycles. The summed E-state index contributed by atoms with van der Waals surface area (Å²) in [5.74, 6) is 0. The van der Waals surface area contributed by atoms with Gasteiger partial charge in [0.2, 0.25) is 0 Å². The number of anilines is 1. The first-order valence-corrected chi connectivity index (χ1v) is 6.99. The number of aromatic nitrogens is 4. The van der Waals surface area contributed by atoms with Gasteiger partial charge in [-0.1, -0.05) is 12.1 Å². The molecule has 22 heavy (non-hydrogen) atoms. The number of benzene rings is 1. The predicted molar refractivity (Wildman–Crippen MR) is 81.9 cm³/mol. The number of nitrogens with zero attached hydrogens (tertiary/aromatic N) is 4. The molecule has 2 N–H and O–H groups in total. The van der Waals surface area contributed by atoms with Crippen molar-refractivity contribution >= 4 is 11.8 Å². The Hall–Kier alpha value is -2.64. The second kappa shape index (κ2) is 6.88. The molecule has 0 bridgehead atoms. The molecule has 0 radical (unpaired) electrons. The quantitative estimate of drug-likeness (QED) is 0.815. The van der Waals surface area contributed by atoms with Gasteiger partial charge in [-0.15, -0.1) is 5.10 Å². The number of carbonyl (C=O) groups excluding carboxylic acids is 1. The number of alkyl carbamates (subject to hydrolysis) is 1. The summed E-state index contributed by atoms with van der Waals surface area (Å²) in [4.78, 5) is 11.5. The minimum atomic E-state index is -0.496. The van der Waals surface area contributed by atoms with E-state index in [0.29, 0.717) is 13.1 Å². The highest BCUT2D eigenvalue weighted by molar-refractivity contribution is 5.67. The van der Waals surface area contributed by atoms with Crippen LogP contribution in [0.4, 0.5) is 10.5 Å². The molecule has 0 aliphatic heterocycles. The van der Waals surface area contributed by atoms with E-state index in [-0.39, 0.29) is 0 Å². The molecule has 2 rings (SSSR count). The Morgan fingerprint density at radius 1 is 1.27 bits per heavy atom. The molecule has 0 aliphatic rings. The molecule has 0 saturated carbocycles. The van der Waals surface area contributed by atoms with Crippen LogP contribution in [-0.4, -0.2) is 45.0 Å². The zero-order chi connectivity index (χ0) is 16.0. The van der Waals surface area contributed by atoms with Crippen LogP contribution < -0.4 is 10.6 Å². The second-order valence-corrected chi connectivity index (χ2v) is 5.63. The van der Waals surface area contributed by atoms with Crippen LogP contribution in [0.3, 0.4) is 0 Å². The van der Waals surface area contributed by atoms with E-state index < -0.39 is 11.7 Å². The van der Waals surface area contributed by atoms with Crippen molar-refractivity contribution in [2.45, 2.75) is 26.4 Å². The summed E-state index contributed by atoms with van der Waals surface area (Å²) >= 11 is 0. The van der Waals surface area contributed by atoms with Crippen LogP contribution in [0.15, 0.2) is 30.6 Å². The highest BCUT2D eigenvalue weighted by Gasteiger charge is 2.15. The monoisotopic (exact) mass is 304 g/mol. The van der Waals surface area contributed by atoms with Crippen LogP contribution in [0.1, 0.15) is 20.8 Å². The number of amides is 1. The van der Waals surface area contributed by atoms with Crippen LogP contribution in [0, 0.1) is 0 Å². The van der Waals surface area contributed by atoms with Crippen LogP contribution in [0.25, 0.3) is 5.69 Å². The summed E-state index contributed by atoms with van der Waals surface area (Å²) in [6.07, 6.45) is 1.10. The number of ether oxygens (including phenoxy) is 1. The van der Waals surface area contributed by atoms with E-state index in [0.717, 1.165) is 11.4 Å². The van der Waals surface area contributed by atoms with E-state index >= 15 is 0 Å². The van der Waals surface area contributed by atoms with Crippen molar-refractivity contribution in [1.82, 2.24) is 25.5 Å². The minimum absolute atomic E-state index is 0.428. The largest absolute Gasteiger partial charge is 0.444 e. The lowest BCUT2D eigenvalue weighted by molar-refractivity contribution is 0.0530. The fourth-order valence-corrected chi connectivity index (χ4v) is 1.77. The number of para-hydroxylation sites is 2. The van der Waals surface area contributed by atoms with Crippen LogP contribution in [0.2, 0.25) is 0 Å². The first-order chi connectivity index (χ1) is 10.5. The van der Waals surface area contributed by atoms with Gasteiger partial charge in [-0.25, -0.2) is 4.79 Å². The number of nitrogens with one attached hydrogen (secondary N) is 2. The number of tetrazole rings is 1. The molecule has 118 valence electrons. The summed E-state index contributed by atoms with van der Waals surface area (Å²) < 4.78 is 6.74. The Morgan fingerprint density at radius 2 is 2.05 bits per heavy atom. The molecule has 0 atom stereocenters. The number of rotatable bonds is 5. The van der Waals surface area contributed by atoms with Gasteiger partial charge in [-0.2, -0.15) is 4.68 Å². The lowest BCUT2D eigenvalue weighted by Crippen LogP contribution is -2.35. The van der Waals surface area contributed by atoms with Crippen molar-refractivity contribution in [3.05, 3.63) is 30.6 Å². The first kappa shape index (κ1) is 15.7. The van der Waals surface area contributed by atoms with Crippen molar-refractivity contribution in [2.75, 3.05) is 18.4 Å². The third-order valence-corrected chi connectivity index (χ3v) is 2.61. The van der Waals surface area contributed by atoms with Gasteiger partial charge in [-0.3, -0.25) is 0 Å². The average Bonchev–Trinajstić information content (AvgIpc) is 2.96. The Kier molecular flexibility index (Phi) is 4.92. The van der Waals surface area contributed by atoms with E-state index in [4.69, 9.17) is 4.74 Å². The second-order valence-electron chi connectivity index (χ2n) is 5.63. The first-order valence-electron chi connectivity index (χ1n) is 6.99. The smallest absolute Gasteiger partial charge is 0.407 e. The maximum Gasteiger partial charge on any atom is 0.407 e. The standard InChI is InChI=1S/C14H20N6O2/c1-14(2,3)22-13(21)16-9-8-15-11-6-4-5-7-12(11)20-10-17-18-19-20/h4-7,10,15H,8-9H2,1-3H3,(H,16,21). The predicted octanol–water partition coefficient (Wildman–Crippen LogP) is 1.60. The van der Waals surface area contributed by atoms with Gasteiger partial charge in [0.25, 0.3) is 0 Å². The van der Waals surface area contributed by atoms with Crippen LogP contribution in [0.5, 0.6) is 0 Å². The molecule has 1 amide bonds. The van der Waals surface area contributed by atoms with Crippen LogP contribution in [-0.2, 0) is 4.74 Å². The Labute approximate surface area is 128 Å². The molecule has 0 unspecified atom stereocenters. The zero-order valence-electron chi connectivity index (χ0n) is 12.9. The fourth-order valence-electron chi connectivity index (χ4n) is 1.77. The maximum atomic E-state index is 11.5. The number of carbonyl (C=O) groups is 1. The Balaban J connectivity index is 1.84. The summed E-state index contributed by atoms with van der Waals surface area (Å²) in [7, 11) is 0. The molecular weight excluding hydrogens is 284 g/mol. The molecule has 0 fully saturated rings. The Morgan fingerprint density at radius 3 is 2.73 bits per heavy atom. The summed E-state index contributed by atoms with van der Waals surface area (Å²) in [6, 6.07) is 7.64. The molecule has 0 spiro atoms. The van der Waals surface area contributed by atoms with E-state index in [2.05, 4.69) is 26.2 Å². The van der Waals surface area contributed by atoms with Gasteiger partial charge in [0.15, 0.2) is 0 Å². The van der Waals surface area contributed by atoms with E-state index in [1.54, 1.807) is 4.68 Å². The highest BCUT2D eigenvalue weighted by atomic mass is 16.6. The lowest BCUT2D eigenvalue weighted by Gasteiger charge is -2.19. The van der Waals surface area contributed by atoms with Gasteiger partial charge >= 0.3 is 6.09 Å². The van der Waals surface area contributed by atoms with E-state index in [1.807, 2.05) is 45.0 Å². The Bertz CT molecular complexity index is 606. The third kappa shape index (κ3) is 4.72. The molecular formula is C14H20N6O2. The summed E-state index contributed by atoms with van der Waals surface area (Å²) in [5.41, 5.74) is 1.22.